The van der Waals surface area contributed by atoms with Gasteiger partial charge in [-0.05, 0) is 29.3 Å². The standard InChI is InChI=1S/C18H15ClF2N4/c19-17-6-5-15(7-16(17)18(20)21)25-11-14(22-23-25)10-24-8-12-3-1-2-4-13(12)9-24/h1-7,11,18H,8-10H2. The molecule has 0 fully saturated rings. The van der Waals surface area contributed by atoms with E-state index in [1.807, 2.05) is 12.1 Å². The minimum atomic E-state index is -2.63. The Bertz CT molecular complexity index is 885. The number of benzene rings is 2. The van der Waals surface area contributed by atoms with E-state index in [1.165, 1.54) is 27.9 Å². The zero-order chi connectivity index (χ0) is 17.4. The molecule has 25 heavy (non-hydrogen) atoms. The molecule has 0 spiro atoms. The SMILES string of the molecule is FC(F)c1cc(-n2cc(CN3Cc4ccccc4C3)nn2)ccc1Cl. The fourth-order valence-electron chi connectivity index (χ4n) is 3.08. The quantitative estimate of drug-likeness (QED) is 0.692. The van der Waals surface area contributed by atoms with Gasteiger partial charge in [0.25, 0.3) is 6.43 Å². The summed E-state index contributed by atoms with van der Waals surface area (Å²) in [6.07, 6.45) is -0.861. The van der Waals surface area contributed by atoms with E-state index in [4.69, 9.17) is 11.6 Å². The fourth-order valence-corrected chi connectivity index (χ4v) is 3.28. The van der Waals surface area contributed by atoms with Gasteiger partial charge >= 0.3 is 0 Å². The van der Waals surface area contributed by atoms with Crippen LogP contribution in [0.1, 0.15) is 28.8 Å². The molecule has 0 radical (unpaired) electrons. The first-order valence-corrected chi connectivity index (χ1v) is 8.26. The molecule has 0 atom stereocenters. The molecule has 0 N–H and O–H groups in total. The van der Waals surface area contributed by atoms with Gasteiger partial charge < -0.3 is 0 Å². The van der Waals surface area contributed by atoms with Crippen molar-refractivity contribution in [2.24, 2.45) is 0 Å². The summed E-state index contributed by atoms with van der Waals surface area (Å²) >= 11 is 5.81. The second-order valence-corrected chi connectivity index (χ2v) is 6.48. The van der Waals surface area contributed by atoms with Gasteiger partial charge in [-0.2, -0.15) is 0 Å². The van der Waals surface area contributed by atoms with Gasteiger partial charge in [0.15, 0.2) is 0 Å². The van der Waals surface area contributed by atoms with Gasteiger partial charge in [-0.15, -0.1) is 5.10 Å². The lowest BCUT2D eigenvalue weighted by Crippen LogP contribution is -2.15. The molecular formula is C18H15ClF2N4. The van der Waals surface area contributed by atoms with Crippen LogP contribution in [0.15, 0.2) is 48.7 Å². The van der Waals surface area contributed by atoms with E-state index >= 15 is 0 Å². The molecular weight excluding hydrogens is 346 g/mol. The summed E-state index contributed by atoms with van der Waals surface area (Å²) in [6, 6.07) is 12.8. The Balaban J connectivity index is 1.51. The molecule has 1 aliphatic heterocycles. The molecule has 3 aromatic rings. The van der Waals surface area contributed by atoms with Gasteiger partial charge in [0.05, 0.1) is 17.6 Å². The van der Waals surface area contributed by atoms with E-state index in [1.54, 1.807) is 12.3 Å². The van der Waals surface area contributed by atoms with E-state index in [2.05, 4.69) is 27.3 Å². The Labute approximate surface area is 148 Å². The third-order valence-corrected chi connectivity index (χ3v) is 4.66. The first-order chi connectivity index (χ1) is 12.1. The summed E-state index contributed by atoms with van der Waals surface area (Å²) in [5, 5.41) is 8.28. The molecule has 0 unspecified atom stereocenters. The Morgan fingerprint density at radius 3 is 2.48 bits per heavy atom. The van der Waals surface area contributed by atoms with Crippen LogP contribution in [0.2, 0.25) is 5.02 Å². The van der Waals surface area contributed by atoms with Crippen LogP contribution in [-0.2, 0) is 19.6 Å². The largest absolute Gasteiger partial charge is 0.289 e. The van der Waals surface area contributed by atoms with Crippen molar-refractivity contribution in [2.75, 3.05) is 0 Å². The van der Waals surface area contributed by atoms with Crippen molar-refractivity contribution in [2.45, 2.75) is 26.1 Å². The number of aromatic nitrogens is 3. The number of nitrogens with zero attached hydrogens (tertiary/aromatic N) is 4. The second-order valence-electron chi connectivity index (χ2n) is 6.07. The average molecular weight is 361 g/mol. The van der Waals surface area contributed by atoms with Crippen molar-refractivity contribution in [1.82, 2.24) is 19.9 Å². The number of fused-ring (bicyclic) bond motifs is 1. The minimum Gasteiger partial charge on any atom is -0.289 e. The van der Waals surface area contributed by atoms with Crippen molar-refractivity contribution >= 4 is 11.6 Å². The van der Waals surface area contributed by atoms with Crippen molar-refractivity contribution in [3.63, 3.8) is 0 Å². The van der Waals surface area contributed by atoms with Crippen LogP contribution < -0.4 is 0 Å². The van der Waals surface area contributed by atoms with E-state index in [9.17, 15) is 8.78 Å². The van der Waals surface area contributed by atoms with Crippen molar-refractivity contribution in [1.29, 1.82) is 0 Å². The zero-order valence-electron chi connectivity index (χ0n) is 13.2. The Morgan fingerprint density at radius 2 is 1.80 bits per heavy atom. The predicted molar refractivity (Wildman–Crippen MR) is 90.7 cm³/mol. The lowest BCUT2D eigenvalue weighted by molar-refractivity contribution is 0.151. The van der Waals surface area contributed by atoms with Crippen LogP contribution in [0, 0.1) is 0 Å². The molecule has 0 amide bonds. The number of hydrogen-bond donors (Lipinski definition) is 0. The summed E-state index contributed by atoms with van der Waals surface area (Å²) < 4.78 is 27.5. The van der Waals surface area contributed by atoms with E-state index < -0.39 is 6.43 Å². The lowest BCUT2D eigenvalue weighted by Gasteiger charge is -2.11. The molecule has 0 aliphatic carbocycles. The molecule has 128 valence electrons. The second kappa shape index (κ2) is 6.54. The molecule has 7 heteroatoms. The minimum absolute atomic E-state index is 0.0499. The van der Waals surface area contributed by atoms with Crippen LogP contribution >= 0.6 is 11.6 Å². The highest BCUT2D eigenvalue weighted by Gasteiger charge is 2.19. The zero-order valence-corrected chi connectivity index (χ0v) is 14.0. The Morgan fingerprint density at radius 1 is 1.08 bits per heavy atom. The maximum Gasteiger partial charge on any atom is 0.265 e. The van der Waals surface area contributed by atoms with Gasteiger partial charge in [0, 0.05) is 30.2 Å². The molecule has 2 heterocycles. The van der Waals surface area contributed by atoms with Crippen molar-refractivity contribution in [3.05, 3.63) is 76.1 Å². The van der Waals surface area contributed by atoms with Crippen LogP contribution in [0.4, 0.5) is 8.78 Å². The summed E-state index contributed by atoms with van der Waals surface area (Å²) in [6.45, 7) is 2.41. The van der Waals surface area contributed by atoms with Crippen molar-refractivity contribution in [3.8, 4) is 5.69 Å². The molecule has 0 bridgehead atoms. The highest BCUT2D eigenvalue weighted by Crippen LogP contribution is 2.29. The van der Waals surface area contributed by atoms with E-state index in [-0.39, 0.29) is 10.6 Å². The third kappa shape index (κ3) is 3.27. The van der Waals surface area contributed by atoms with Gasteiger partial charge in [-0.1, -0.05) is 41.1 Å². The van der Waals surface area contributed by atoms with Crippen LogP contribution in [-0.4, -0.2) is 19.9 Å². The molecule has 4 nitrogen and oxygen atoms in total. The average Bonchev–Trinajstić information content (AvgIpc) is 3.21. The van der Waals surface area contributed by atoms with Crippen LogP contribution in [0.3, 0.4) is 0 Å². The topological polar surface area (TPSA) is 34.0 Å². The van der Waals surface area contributed by atoms with Gasteiger partial charge in [0.2, 0.25) is 0 Å². The van der Waals surface area contributed by atoms with E-state index in [0.29, 0.717) is 12.2 Å². The summed E-state index contributed by atoms with van der Waals surface area (Å²) in [4.78, 5) is 2.27. The Kier molecular flexibility index (Phi) is 4.23. The highest BCUT2D eigenvalue weighted by atomic mass is 35.5. The predicted octanol–water partition coefficient (Wildman–Crippen LogP) is 4.37. The first kappa shape index (κ1) is 16.2. The monoisotopic (exact) mass is 360 g/mol. The van der Waals surface area contributed by atoms with Crippen LogP contribution in [0.5, 0.6) is 0 Å². The molecule has 2 aromatic carbocycles. The number of hydrogen-bond acceptors (Lipinski definition) is 3. The Hall–Kier alpha value is -2.31. The summed E-state index contributed by atoms with van der Waals surface area (Å²) in [7, 11) is 0. The number of alkyl halides is 2. The fraction of sp³-hybridized carbons (Fsp3) is 0.222. The van der Waals surface area contributed by atoms with Gasteiger partial charge in [0.1, 0.15) is 0 Å². The molecule has 0 saturated heterocycles. The molecule has 1 aromatic heterocycles. The molecule has 1 aliphatic rings. The number of halogens is 3. The van der Waals surface area contributed by atoms with Gasteiger partial charge in [-0.3, -0.25) is 4.90 Å². The molecule has 0 saturated carbocycles. The highest BCUT2D eigenvalue weighted by molar-refractivity contribution is 6.31. The van der Waals surface area contributed by atoms with E-state index in [0.717, 1.165) is 18.8 Å². The number of rotatable bonds is 4. The van der Waals surface area contributed by atoms with Crippen LogP contribution in [0.25, 0.3) is 5.69 Å². The maximum atomic E-state index is 13.0. The third-order valence-electron chi connectivity index (χ3n) is 4.31. The summed E-state index contributed by atoms with van der Waals surface area (Å²) in [5.41, 5.74) is 3.76. The molecule has 4 rings (SSSR count). The lowest BCUT2D eigenvalue weighted by atomic mass is 10.1. The normalized spacial score (nSPS) is 14.2. The van der Waals surface area contributed by atoms with Gasteiger partial charge in [-0.25, -0.2) is 13.5 Å². The smallest absolute Gasteiger partial charge is 0.265 e. The summed E-state index contributed by atoms with van der Waals surface area (Å²) in [5.74, 6) is 0. The maximum absolute atomic E-state index is 13.0. The van der Waals surface area contributed by atoms with Crippen molar-refractivity contribution < 1.29 is 8.78 Å². The first-order valence-electron chi connectivity index (χ1n) is 7.88.